The number of Topliss-reactive ketones (excluding diaryl/α,β-unsaturated/α-hetero) is 1. The molecule has 0 bridgehead atoms. The van der Waals surface area contributed by atoms with E-state index in [-0.39, 0.29) is 12.4 Å². The van der Waals surface area contributed by atoms with Gasteiger partial charge in [0.25, 0.3) is 0 Å². The zero-order valence-electron chi connectivity index (χ0n) is 21.6. The summed E-state index contributed by atoms with van der Waals surface area (Å²) in [7, 11) is 0. The number of carbonyl (C=O) groups is 2. The Morgan fingerprint density at radius 2 is 1.67 bits per heavy atom. The predicted molar refractivity (Wildman–Crippen MR) is 160 cm³/mol. The van der Waals surface area contributed by atoms with E-state index in [1.807, 2.05) is 61.5 Å². The zero-order valence-corrected chi connectivity index (χ0v) is 23.7. The molecule has 0 amide bonds. The monoisotopic (exact) mass is 627 g/mol. The molecule has 39 heavy (non-hydrogen) atoms. The van der Waals surface area contributed by atoms with Crippen LogP contribution in [0.3, 0.4) is 0 Å². The van der Waals surface area contributed by atoms with Crippen LogP contribution in [0.4, 0.5) is 0 Å². The van der Waals surface area contributed by atoms with E-state index in [4.69, 9.17) is 9.47 Å². The average Bonchev–Trinajstić information content (AvgIpc) is 3.23. The van der Waals surface area contributed by atoms with E-state index in [1.54, 1.807) is 6.92 Å². The maximum Gasteiger partial charge on any atom is 0.336 e. The number of fused-ring (bicyclic) bond motifs is 3. The van der Waals surface area contributed by atoms with E-state index < -0.39 is 11.9 Å². The third kappa shape index (κ3) is 4.52. The highest BCUT2D eigenvalue weighted by Crippen LogP contribution is 2.47. The number of benzene rings is 4. The van der Waals surface area contributed by atoms with Gasteiger partial charge in [-0.1, -0.05) is 66.7 Å². The highest BCUT2D eigenvalue weighted by atomic mass is 127. The second-order valence-corrected chi connectivity index (χ2v) is 10.8. The smallest absolute Gasteiger partial charge is 0.336 e. The molecule has 0 unspecified atom stereocenters. The number of hydrogen-bond donors (Lipinski definition) is 1. The number of hydrogen-bond acceptors (Lipinski definition) is 5. The Balaban J connectivity index is 1.35. The van der Waals surface area contributed by atoms with Gasteiger partial charge in [0.15, 0.2) is 5.78 Å². The van der Waals surface area contributed by atoms with Gasteiger partial charge in [-0.2, -0.15) is 0 Å². The van der Waals surface area contributed by atoms with Crippen LogP contribution in [-0.2, 0) is 16.1 Å². The first-order valence-electron chi connectivity index (χ1n) is 12.9. The molecule has 0 aromatic heterocycles. The SMILES string of the molecule is CCOC(=O)C1=C(C)NC2=C(C(=O)c3ccccc32)[C@H]1c1ccc(OCc2ccc3ccccc3c2)c(I)c1. The lowest BCUT2D eigenvalue weighted by Crippen LogP contribution is -2.29. The number of esters is 1. The van der Waals surface area contributed by atoms with E-state index >= 15 is 0 Å². The minimum Gasteiger partial charge on any atom is -0.488 e. The van der Waals surface area contributed by atoms with Gasteiger partial charge in [0.2, 0.25) is 0 Å². The van der Waals surface area contributed by atoms with E-state index in [0.717, 1.165) is 31.7 Å². The second kappa shape index (κ2) is 10.3. The van der Waals surface area contributed by atoms with Crippen LogP contribution >= 0.6 is 22.6 Å². The number of rotatable bonds is 6. The molecular weight excluding hydrogens is 601 g/mol. The molecule has 194 valence electrons. The molecule has 2 aliphatic rings. The molecule has 0 radical (unpaired) electrons. The van der Waals surface area contributed by atoms with E-state index in [1.165, 1.54) is 10.8 Å². The summed E-state index contributed by atoms with van der Waals surface area (Å²) >= 11 is 2.26. The largest absolute Gasteiger partial charge is 0.488 e. The highest BCUT2D eigenvalue weighted by molar-refractivity contribution is 14.1. The van der Waals surface area contributed by atoms with Gasteiger partial charge in [-0.3, -0.25) is 4.79 Å². The molecule has 4 aromatic rings. The molecule has 0 fully saturated rings. The van der Waals surface area contributed by atoms with Crippen molar-refractivity contribution in [2.75, 3.05) is 6.61 Å². The average molecular weight is 627 g/mol. The van der Waals surface area contributed by atoms with Crippen LogP contribution in [0.5, 0.6) is 5.75 Å². The van der Waals surface area contributed by atoms with Gasteiger partial charge in [-0.05, 0) is 76.5 Å². The standard InChI is InChI=1S/C33H26INO4/c1-3-38-33(37)28-19(2)35-31-24-10-6-7-11-25(24)32(36)30(31)29(28)23-14-15-27(26(34)17-23)39-18-20-12-13-21-8-4-5-9-22(21)16-20/h4-17,29,35H,3,18H2,1-2H3/t29-/m0/s1. The first kappa shape index (κ1) is 25.4. The topological polar surface area (TPSA) is 64.6 Å². The first-order valence-corrected chi connectivity index (χ1v) is 14.0. The molecule has 0 saturated heterocycles. The van der Waals surface area contributed by atoms with Gasteiger partial charge in [0.1, 0.15) is 12.4 Å². The van der Waals surface area contributed by atoms with E-state index in [2.05, 4.69) is 58.2 Å². The van der Waals surface area contributed by atoms with Crippen molar-refractivity contribution >= 4 is 50.8 Å². The van der Waals surface area contributed by atoms with Crippen molar-refractivity contribution in [1.29, 1.82) is 0 Å². The minimum absolute atomic E-state index is 0.0703. The number of halogens is 1. The molecule has 1 N–H and O–H groups in total. The van der Waals surface area contributed by atoms with Crippen molar-refractivity contribution < 1.29 is 19.1 Å². The number of carbonyl (C=O) groups excluding carboxylic acids is 2. The quantitative estimate of drug-likeness (QED) is 0.182. The lowest BCUT2D eigenvalue weighted by molar-refractivity contribution is -0.138. The Hall–Kier alpha value is -3.91. The third-order valence-electron chi connectivity index (χ3n) is 7.24. The molecule has 1 aliphatic carbocycles. The van der Waals surface area contributed by atoms with Crippen LogP contribution in [0.2, 0.25) is 0 Å². The summed E-state index contributed by atoms with van der Waals surface area (Å²) in [5.74, 6) is -0.299. The number of ether oxygens (including phenoxy) is 2. The Bertz CT molecular complexity index is 1720. The summed E-state index contributed by atoms with van der Waals surface area (Å²) in [5.41, 5.74) is 5.90. The van der Waals surface area contributed by atoms with Crippen molar-refractivity contribution in [3.8, 4) is 5.75 Å². The van der Waals surface area contributed by atoms with Crippen LogP contribution in [0.1, 0.15) is 46.8 Å². The van der Waals surface area contributed by atoms with Crippen molar-refractivity contribution in [2.45, 2.75) is 26.4 Å². The Labute approximate surface area is 240 Å². The van der Waals surface area contributed by atoms with Crippen LogP contribution in [-0.4, -0.2) is 18.4 Å². The van der Waals surface area contributed by atoms with Crippen molar-refractivity contribution in [1.82, 2.24) is 5.32 Å². The molecule has 5 nitrogen and oxygen atoms in total. The van der Waals surface area contributed by atoms with Gasteiger partial charge < -0.3 is 14.8 Å². The summed E-state index contributed by atoms with van der Waals surface area (Å²) in [4.78, 5) is 26.8. The van der Waals surface area contributed by atoms with Gasteiger partial charge in [-0.15, -0.1) is 0 Å². The second-order valence-electron chi connectivity index (χ2n) is 9.64. The molecule has 6 heteroatoms. The number of nitrogens with one attached hydrogen (secondary N) is 1. The van der Waals surface area contributed by atoms with Gasteiger partial charge >= 0.3 is 5.97 Å². The fourth-order valence-electron chi connectivity index (χ4n) is 5.45. The number of ketones is 1. The molecular formula is C33H26INO4. The van der Waals surface area contributed by atoms with Gasteiger partial charge in [-0.25, -0.2) is 4.79 Å². The third-order valence-corrected chi connectivity index (χ3v) is 8.08. The van der Waals surface area contributed by atoms with Crippen LogP contribution < -0.4 is 10.1 Å². The molecule has 6 rings (SSSR count). The van der Waals surface area contributed by atoms with Crippen molar-refractivity contribution in [3.63, 3.8) is 0 Å². The fraction of sp³-hybridized carbons (Fsp3) is 0.152. The van der Waals surface area contributed by atoms with Crippen LogP contribution in [0, 0.1) is 3.57 Å². The summed E-state index contributed by atoms with van der Waals surface area (Å²) < 4.78 is 12.5. The number of allylic oxidation sites excluding steroid dienone is 2. The summed E-state index contributed by atoms with van der Waals surface area (Å²) in [6.45, 7) is 4.33. The van der Waals surface area contributed by atoms with Crippen molar-refractivity contribution in [2.24, 2.45) is 0 Å². The Kier molecular flexibility index (Phi) is 6.73. The predicted octanol–water partition coefficient (Wildman–Crippen LogP) is 7.15. The molecule has 0 saturated carbocycles. The Morgan fingerprint density at radius 3 is 2.44 bits per heavy atom. The number of dihydropyridines is 1. The lowest BCUT2D eigenvalue weighted by atomic mass is 9.80. The molecule has 4 aromatic carbocycles. The van der Waals surface area contributed by atoms with Gasteiger partial charge in [0, 0.05) is 28.3 Å². The van der Waals surface area contributed by atoms with Crippen LogP contribution in [0.25, 0.3) is 16.5 Å². The Morgan fingerprint density at radius 1 is 0.923 bits per heavy atom. The molecule has 1 atom stereocenters. The van der Waals surface area contributed by atoms with Gasteiger partial charge in [0.05, 0.1) is 21.4 Å². The minimum atomic E-state index is -0.553. The lowest BCUT2D eigenvalue weighted by Gasteiger charge is -2.29. The molecule has 0 spiro atoms. The first-order chi connectivity index (χ1) is 19.0. The summed E-state index contributed by atoms with van der Waals surface area (Å²) in [5, 5.41) is 5.71. The van der Waals surface area contributed by atoms with E-state index in [0.29, 0.717) is 29.0 Å². The van der Waals surface area contributed by atoms with E-state index in [9.17, 15) is 9.59 Å². The fourth-order valence-corrected chi connectivity index (χ4v) is 6.14. The molecule has 1 heterocycles. The van der Waals surface area contributed by atoms with Crippen LogP contribution in [0.15, 0.2) is 102 Å². The molecule has 1 aliphatic heterocycles. The zero-order chi connectivity index (χ0) is 27.1. The highest BCUT2D eigenvalue weighted by Gasteiger charge is 2.43. The maximum absolute atomic E-state index is 13.7. The summed E-state index contributed by atoms with van der Waals surface area (Å²) in [6, 6.07) is 28.0. The maximum atomic E-state index is 13.7. The van der Waals surface area contributed by atoms with Crippen molar-refractivity contribution in [3.05, 3.63) is 128 Å². The normalized spacial score (nSPS) is 16.2. The summed E-state index contributed by atoms with van der Waals surface area (Å²) in [6.07, 6.45) is 0.